The fraction of sp³-hybridized carbons (Fsp3) is 0.870. The van der Waals surface area contributed by atoms with Crippen molar-refractivity contribution in [2.24, 2.45) is 34.5 Å². The number of fused-ring (bicyclic) bond motifs is 7. The van der Waals surface area contributed by atoms with Gasteiger partial charge in [0.2, 0.25) is 0 Å². The Morgan fingerprint density at radius 2 is 2.07 bits per heavy atom. The highest BCUT2D eigenvalue weighted by atomic mass is 16.7. The van der Waals surface area contributed by atoms with Gasteiger partial charge in [0, 0.05) is 11.3 Å². The summed E-state index contributed by atoms with van der Waals surface area (Å²) in [7, 11) is 1.38. The fourth-order valence-electron chi connectivity index (χ4n) is 8.05. The van der Waals surface area contributed by atoms with Gasteiger partial charge in [-0.25, -0.2) is 4.79 Å². The van der Waals surface area contributed by atoms with Crippen LogP contribution in [0.15, 0.2) is 11.6 Å². The molecule has 5 rings (SSSR count). The van der Waals surface area contributed by atoms with Gasteiger partial charge in [-0.05, 0) is 61.3 Å². The zero-order valence-corrected chi connectivity index (χ0v) is 17.5. The zero-order valence-electron chi connectivity index (χ0n) is 17.5. The Morgan fingerprint density at radius 1 is 1.29 bits per heavy atom. The quantitative estimate of drug-likeness (QED) is 0.437. The molecule has 5 aliphatic rings. The van der Waals surface area contributed by atoms with Crippen molar-refractivity contribution in [3.8, 4) is 0 Å². The minimum atomic E-state index is -0.599. The summed E-state index contributed by atoms with van der Waals surface area (Å²) in [6.07, 6.45) is 7.69. The first-order chi connectivity index (χ1) is 13.3. The van der Waals surface area contributed by atoms with Gasteiger partial charge in [0.1, 0.15) is 12.2 Å². The highest BCUT2D eigenvalue weighted by molar-refractivity contribution is 5.60. The van der Waals surface area contributed by atoms with Gasteiger partial charge in [0.05, 0.1) is 19.3 Å². The van der Waals surface area contributed by atoms with E-state index in [4.69, 9.17) is 14.2 Å². The van der Waals surface area contributed by atoms with Crippen LogP contribution in [0.5, 0.6) is 0 Å². The molecule has 1 N–H and O–H groups in total. The van der Waals surface area contributed by atoms with Crippen molar-refractivity contribution < 1.29 is 24.1 Å². The molecule has 0 amide bonds. The SMILES string of the molecule is CC[C@H]1CC[C@H]2[C@@H]3[C@H](OC(=O)OC)C=C4C[C@@H](O)[C@@H]5OC5[C@]4(C)[C@H]3CC[C@]12C. The lowest BCUT2D eigenvalue weighted by Crippen LogP contribution is -2.57. The molecule has 5 heteroatoms. The normalized spacial score (nSPS) is 53.8. The van der Waals surface area contributed by atoms with Crippen LogP contribution in [-0.2, 0) is 14.2 Å². The molecule has 0 aromatic rings. The molecule has 1 heterocycles. The van der Waals surface area contributed by atoms with E-state index in [1.54, 1.807) is 0 Å². The first-order valence-corrected chi connectivity index (χ1v) is 11.1. The van der Waals surface area contributed by atoms with Crippen LogP contribution in [0.25, 0.3) is 0 Å². The van der Waals surface area contributed by atoms with Crippen molar-refractivity contribution in [1.29, 1.82) is 0 Å². The molecule has 0 bridgehead atoms. The minimum absolute atomic E-state index is 0.0128. The lowest BCUT2D eigenvalue weighted by molar-refractivity contribution is -0.0996. The smallest absolute Gasteiger partial charge is 0.438 e. The predicted octanol–water partition coefficient (Wildman–Crippen LogP) is 4.09. The number of carbonyl (C=O) groups excluding carboxylic acids is 1. The number of hydrogen-bond acceptors (Lipinski definition) is 5. The molecule has 28 heavy (non-hydrogen) atoms. The minimum Gasteiger partial charge on any atom is -0.438 e. The summed E-state index contributed by atoms with van der Waals surface area (Å²) in [6, 6.07) is 0. The third-order valence-corrected chi connectivity index (χ3v) is 9.55. The number of carbonyl (C=O) groups is 1. The van der Waals surface area contributed by atoms with Crippen LogP contribution in [0.4, 0.5) is 4.79 Å². The average Bonchev–Trinajstić information content (AvgIpc) is 3.41. The standard InChI is InChI=1S/C23H34O5/c1-5-12-6-7-14-18-15(8-9-22(12,14)2)23(3)13(10-16(24)19-20(23)28-19)11-17(18)27-21(25)26-4/h11-12,14-20,24H,5-10H2,1-4H3/t12-,14-,15-,16+,17+,18-,19-,20?,22+,23-/m0/s1. The number of ether oxygens (including phenoxy) is 3. The summed E-state index contributed by atoms with van der Waals surface area (Å²) in [5.41, 5.74) is 1.51. The summed E-state index contributed by atoms with van der Waals surface area (Å²) in [4.78, 5) is 12.1. The Bertz CT molecular complexity index is 703. The van der Waals surface area contributed by atoms with E-state index in [9.17, 15) is 9.90 Å². The molecular weight excluding hydrogens is 356 g/mol. The molecule has 1 aliphatic heterocycles. The number of epoxide rings is 1. The zero-order chi connectivity index (χ0) is 19.8. The molecule has 3 saturated carbocycles. The molecule has 0 aromatic heterocycles. The molecule has 4 aliphatic carbocycles. The van der Waals surface area contributed by atoms with Crippen molar-refractivity contribution in [1.82, 2.24) is 0 Å². The van der Waals surface area contributed by atoms with E-state index in [0.717, 1.165) is 12.3 Å². The van der Waals surface area contributed by atoms with Gasteiger partial charge < -0.3 is 19.3 Å². The predicted molar refractivity (Wildman–Crippen MR) is 104 cm³/mol. The van der Waals surface area contributed by atoms with Crippen molar-refractivity contribution in [3.63, 3.8) is 0 Å². The van der Waals surface area contributed by atoms with E-state index >= 15 is 0 Å². The van der Waals surface area contributed by atoms with Gasteiger partial charge in [0.15, 0.2) is 0 Å². The number of aliphatic hydroxyl groups excluding tert-OH is 1. The average molecular weight is 391 g/mol. The summed E-state index contributed by atoms with van der Waals surface area (Å²) in [5, 5.41) is 10.4. The lowest BCUT2D eigenvalue weighted by atomic mass is 9.46. The summed E-state index contributed by atoms with van der Waals surface area (Å²) >= 11 is 0. The van der Waals surface area contributed by atoms with Gasteiger partial charge in [-0.1, -0.05) is 32.8 Å². The van der Waals surface area contributed by atoms with Crippen molar-refractivity contribution in [3.05, 3.63) is 11.6 Å². The largest absolute Gasteiger partial charge is 0.508 e. The summed E-state index contributed by atoms with van der Waals surface area (Å²) in [5.74, 6) is 2.06. The molecule has 1 unspecified atom stereocenters. The Balaban J connectivity index is 1.57. The van der Waals surface area contributed by atoms with E-state index in [1.807, 2.05) is 0 Å². The van der Waals surface area contributed by atoms with Gasteiger partial charge in [0.25, 0.3) is 0 Å². The third kappa shape index (κ3) is 2.35. The monoisotopic (exact) mass is 390 g/mol. The number of aliphatic hydroxyl groups is 1. The van der Waals surface area contributed by atoms with Crippen LogP contribution in [0.2, 0.25) is 0 Å². The molecular formula is C23H34O5. The number of methoxy groups -OCH3 is 1. The summed E-state index contributed by atoms with van der Waals surface area (Å²) in [6.45, 7) is 7.14. The molecule has 1 saturated heterocycles. The fourth-order valence-corrected chi connectivity index (χ4v) is 8.05. The third-order valence-electron chi connectivity index (χ3n) is 9.55. The van der Waals surface area contributed by atoms with Crippen molar-refractivity contribution in [2.75, 3.05) is 7.11 Å². The van der Waals surface area contributed by atoms with Crippen LogP contribution < -0.4 is 0 Å². The first kappa shape index (κ1) is 18.9. The van der Waals surface area contributed by atoms with E-state index in [1.165, 1.54) is 38.4 Å². The van der Waals surface area contributed by atoms with E-state index < -0.39 is 12.3 Å². The topological polar surface area (TPSA) is 68.3 Å². The maximum absolute atomic E-state index is 12.1. The molecule has 156 valence electrons. The maximum atomic E-state index is 12.1. The lowest BCUT2D eigenvalue weighted by Gasteiger charge is -2.58. The van der Waals surface area contributed by atoms with Crippen LogP contribution in [0, 0.1) is 34.5 Å². The summed E-state index contributed by atoms with van der Waals surface area (Å²) < 4.78 is 16.7. The van der Waals surface area contributed by atoms with Crippen LogP contribution in [0.1, 0.15) is 59.3 Å². The van der Waals surface area contributed by atoms with Gasteiger partial charge in [-0.15, -0.1) is 0 Å². The number of hydrogen-bond donors (Lipinski definition) is 1. The van der Waals surface area contributed by atoms with E-state index in [0.29, 0.717) is 29.6 Å². The molecule has 0 aromatic carbocycles. The second-order valence-corrected chi connectivity index (χ2v) is 10.3. The highest BCUT2D eigenvalue weighted by Crippen LogP contribution is 2.69. The van der Waals surface area contributed by atoms with Crippen LogP contribution in [-0.4, -0.2) is 42.8 Å². The van der Waals surface area contributed by atoms with Crippen molar-refractivity contribution >= 4 is 6.16 Å². The van der Waals surface area contributed by atoms with E-state index in [-0.39, 0.29) is 23.7 Å². The second kappa shape index (κ2) is 6.21. The van der Waals surface area contributed by atoms with E-state index in [2.05, 4.69) is 26.8 Å². The molecule has 4 fully saturated rings. The molecule has 5 nitrogen and oxygen atoms in total. The number of rotatable bonds is 2. The van der Waals surface area contributed by atoms with Gasteiger partial charge in [-0.3, -0.25) is 0 Å². The Labute approximate surface area is 167 Å². The Morgan fingerprint density at radius 3 is 2.79 bits per heavy atom. The van der Waals surface area contributed by atoms with Crippen molar-refractivity contribution in [2.45, 2.75) is 83.7 Å². The highest BCUT2D eigenvalue weighted by Gasteiger charge is 2.69. The Hall–Kier alpha value is -1.07. The first-order valence-electron chi connectivity index (χ1n) is 11.1. The van der Waals surface area contributed by atoms with Gasteiger partial charge in [-0.2, -0.15) is 0 Å². The maximum Gasteiger partial charge on any atom is 0.508 e. The molecule has 0 radical (unpaired) electrons. The molecule has 0 spiro atoms. The second-order valence-electron chi connectivity index (χ2n) is 10.3. The van der Waals surface area contributed by atoms with Gasteiger partial charge >= 0.3 is 6.16 Å². The molecule has 10 atom stereocenters. The van der Waals surface area contributed by atoms with Crippen LogP contribution >= 0.6 is 0 Å². The Kier molecular flexibility index (Phi) is 4.20. The van der Waals surface area contributed by atoms with Crippen LogP contribution in [0.3, 0.4) is 0 Å².